The Balaban J connectivity index is 1.04. The van der Waals surface area contributed by atoms with Crippen LogP contribution in [0.2, 0.25) is 0 Å². The third kappa shape index (κ3) is 4.98. The summed E-state index contributed by atoms with van der Waals surface area (Å²) < 4.78 is 8.95. The number of rotatable bonds is 4. The third-order valence-electron chi connectivity index (χ3n) is 13.3. The van der Waals surface area contributed by atoms with Crippen molar-refractivity contribution >= 4 is 81.4 Å². The molecule has 0 N–H and O–H groups in total. The largest absolute Gasteiger partial charge is 0.456 e. The highest BCUT2D eigenvalue weighted by Crippen LogP contribution is 2.48. The number of para-hydroxylation sites is 1. The molecule has 0 spiro atoms. The molecule has 0 saturated heterocycles. The first-order valence-corrected chi connectivity index (χ1v) is 22.0. The molecule has 0 fully saturated rings. The van der Waals surface area contributed by atoms with Gasteiger partial charge in [-0.05, 0) is 114 Å². The van der Waals surface area contributed by atoms with Gasteiger partial charge in [-0.2, -0.15) is 0 Å². The van der Waals surface area contributed by atoms with Crippen molar-refractivity contribution < 1.29 is 4.42 Å². The molecule has 10 aromatic rings. The molecular formula is C58H38OS. The van der Waals surface area contributed by atoms with Gasteiger partial charge < -0.3 is 4.42 Å². The second-order valence-electron chi connectivity index (χ2n) is 16.5. The van der Waals surface area contributed by atoms with E-state index in [0.717, 1.165) is 29.4 Å². The minimum atomic E-state index is 0.191. The lowest BCUT2D eigenvalue weighted by Gasteiger charge is -2.33. The molecule has 2 heterocycles. The van der Waals surface area contributed by atoms with Gasteiger partial charge in [0.15, 0.2) is 0 Å². The van der Waals surface area contributed by atoms with Crippen molar-refractivity contribution in [1.82, 2.24) is 0 Å². The van der Waals surface area contributed by atoms with E-state index in [9.17, 15) is 0 Å². The summed E-state index contributed by atoms with van der Waals surface area (Å²) in [5.74, 6) is 0.383. The molecule has 1 nitrogen and oxygen atoms in total. The number of allylic oxidation sites excluding steroid dienone is 5. The van der Waals surface area contributed by atoms with Crippen LogP contribution in [0.4, 0.5) is 0 Å². The van der Waals surface area contributed by atoms with Crippen molar-refractivity contribution in [1.29, 1.82) is 0 Å². The fourth-order valence-corrected chi connectivity index (χ4v) is 12.1. The zero-order chi connectivity index (χ0) is 39.3. The fraction of sp³-hybridized carbons (Fsp3) is 0.0690. The van der Waals surface area contributed by atoms with E-state index in [2.05, 4.69) is 188 Å². The van der Waals surface area contributed by atoms with Crippen molar-refractivity contribution in [3.63, 3.8) is 0 Å². The Labute approximate surface area is 351 Å². The summed E-state index contributed by atoms with van der Waals surface area (Å²) >= 11 is 1.95. The monoisotopic (exact) mass is 782 g/mol. The van der Waals surface area contributed by atoms with E-state index in [-0.39, 0.29) is 11.8 Å². The van der Waals surface area contributed by atoms with Gasteiger partial charge in [-0.1, -0.05) is 170 Å². The smallest absolute Gasteiger partial charge is 0.135 e. The van der Waals surface area contributed by atoms with Gasteiger partial charge in [-0.15, -0.1) is 11.3 Å². The number of fused-ring (bicyclic) bond motifs is 10. The zero-order valence-corrected chi connectivity index (χ0v) is 33.7. The maximum atomic E-state index is 6.27. The van der Waals surface area contributed by atoms with Crippen LogP contribution in [0.1, 0.15) is 28.7 Å². The molecule has 2 atom stereocenters. The Morgan fingerprint density at radius 2 is 1.17 bits per heavy atom. The van der Waals surface area contributed by atoms with Crippen LogP contribution in [-0.2, 0) is 6.42 Å². The number of hydrogen-bond acceptors (Lipinski definition) is 2. The number of furan rings is 1. The Bertz CT molecular complexity index is 3660. The zero-order valence-electron chi connectivity index (χ0n) is 32.9. The highest BCUT2D eigenvalue weighted by Gasteiger charge is 2.33. The maximum absolute atomic E-state index is 6.27. The van der Waals surface area contributed by atoms with Crippen molar-refractivity contribution in [2.45, 2.75) is 12.8 Å². The van der Waals surface area contributed by atoms with Crippen LogP contribution in [0.3, 0.4) is 0 Å². The molecule has 2 unspecified atom stereocenters. The summed E-state index contributed by atoms with van der Waals surface area (Å²) in [7, 11) is 0. The highest BCUT2D eigenvalue weighted by molar-refractivity contribution is 7.26. The SMILES string of the molecule is C1=CC2C(c3ccc4oc5ccccc5c4c3)=c3ccccc3=C(c3cccc4c3sc3cc(-c5c6c(c(-c7ccccc7)c7ccccc57)CCC=C6)ccc34)C2C=C1. The second-order valence-corrected chi connectivity index (χ2v) is 17.5. The van der Waals surface area contributed by atoms with E-state index < -0.39 is 0 Å². The van der Waals surface area contributed by atoms with E-state index in [4.69, 9.17) is 4.42 Å². The van der Waals surface area contributed by atoms with Crippen LogP contribution in [-0.4, -0.2) is 0 Å². The molecule has 60 heavy (non-hydrogen) atoms. The molecular weight excluding hydrogens is 745 g/mol. The number of thiophene rings is 1. The molecule has 0 saturated carbocycles. The van der Waals surface area contributed by atoms with Gasteiger partial charge in [0, 0.05) is 42.8 Å². The summed E-state index contributed by atoms with van der Waals surface area (Å²) in [5.41, 5.74) is 15.4. The van der Waals surface area contributed by atoms with E-state index in [1.165, 1.54) is 102 Å². The first-order chi connectivity index (χ1) is 29.8. The molecule has 0 bridgehead atoms. The van der Waals surface area contributed by atoms with Gasteiger partial charge in [0.05, 0.1) is 0 Å². The van der Waals surface area contributed by atoms with Crippen LogP contribution in [0, 0.1) is 11.8 Å². The average molecular weight is 783 g/mol. The summed E-state index contributed by atoms with van der Waals surface area (Å²) in [6.45, 7) is 0. The highest BCUT2D eigenvalue weighted by atomic mass is 32.1. The Morgan fingerprint density at radius 1 is 0.483 bits per heavy atom. The van der Waals surface area contributed by atoms with E-state index >= 15 is 0 Å². The second kappa shape index (κ2) is 13.3. The van der Waals surface area contributed by atoms with Crippen LogP contribution in [0.5, 0.6) is 0 Å². The molecule has 0 aliphatic heterocycles. The topological polar surface area (TPSA) is 13.1 Å². The summed E-state index contributed by atoms with van der Waals surface area (Å²) in [5, 5.41) is 10.3. The average Bonchev–Trinajstić information content (AvgIpc) is 3.88. The summed E-state index contributed by atoms with van der Waals surface area (Å²) in [6.07, 6.45) is 16.2. The van der Waals surface area contributed by atoms with Crippen LogP contribution in [0.15, 0.2) is 193 Å². The first-order valence-electron chi connectivity index (χ1n) is 21.1. The predicted molar refractivity (Wildman–Crippen MR) is 255 cm³/mol. The van der Waals surface area contributed by atoms with Crippen molar-refractivity contribution in [3.8, 4) is 22.3 Å². The van der Waals surface area contributed by atoms with Gasteiger partial charge in [0.2, 0.25) is 0 Å². The lowest BCUT2D eigenvalue weighted by Crippen LogP contribution is -2.40. The number of hydrogen-bond donors (Lipinski definition) is 0. The Kier molecular flexibility index (Phi) is 7.50. The summed E-state index contributed by atoms with van der Waals surface area (Å²) in [6, 6.07) is 58.5. The molecule has 0 amide bonds. The van der Waals surface area contributed by atoms with E-state index in [1.807, 2.05) is 17.4 Å². The lowest BCUT2D eigenvalue weighted by molar-refractivity contribution is 0.668. The van der Waals surface area contributed by atoms with E-state index in [1.54, 1.807) is 0 Å². The third-order valence-corrected chi connectivity index (χ3v) is 14.5. The fourth-order valence-electron chi connectivity index (χ4n) is 10.8. The first kappa shape index (κ1) is 33.9. The molecule has 282 valence electrons. The Morgan fingerprint density at radius 3 is 2.02 bits per heavy atom. The molecule has 2 aromatic heterocycles. The molecule has 2 heteroatoms. The van der Waals surface area contributed by atoms with Crippen molar-refractivity contribution in [2.24, 2.45) is 11.8 Å². The standard InChI is InChI=1S/C58H38OS/c1-2-15-35(16-3-1)54-40-18-4-6-20-42(40)56(43-21-7-5-19-41(43)54)37-29-31-39-48-26-14-27-49(58(48)60-53(39)34-37)57-46-24-10-8-22-44(46)55(45-23-9-11-25-47(45)57)36-30-32-52-50(33-36)38-17-12-13-28-51(38)59-52/h1-4,6-18,20-34,44,46H,5,19H2. The minimum absolute atomic E-state index is 0.191. The molecule has 3 aliphatic rings. The maximum Gasteiger partial charge on any atom is 0.135 e. The van der Waals surface area contributed by atoms with Crippen molar-refractivity contribution in [2.75, 3.05) is 0 Å². The Hall–Kier alpha value is -7.00. The predicted octanol–water partition coefficient (Wildman–Crippen LogP) is 14.2. The molecule has 0 radical (unpaired) electrons. The lowest BCUT2D eigenvalue weighted by atomic mass is 9.70. The molecule has 3 aliphatic carbocycles. The van der Waals surface area contributed by atoms with Gasteiger partial charge in [0.1, 0.15) is 11.2 Å². The van der Waals surface area contributed by atoms with Gasteiger partial charge in [-0.25, -0.2) is 0 Å². The van der Waals surface area contributed by atoms with Crippen molar-refractivity contribution in [3.05, 3.63) is 221 Å². The molecule has 13 rings (SSSR count). The molecule has 8 aromatic carbocycles. The van der Waals surface area contributed by atoms with E-state index in [0.29, 0.717) is 0 Å². The van der Waals surface area contributed by atoms with Gasteiger partial charge in [0.25, 0.3) is 0 Å². The van der Waals surface area contributed by atoms with Gasteiger partial charge >= 0.3 is 0 Å². The minimum Gasteiger partial charge on any atom is -0.456 e. The van der Waals surface area contributed by atoms with Gasteiger partial charge in [-0.3, -0.25) is 0 Å². The summed E-state index contributed by atoms with van der Waals surface area (Å²) in [4.78, 5) is 0. The quantitative estimate of drug-likeness (QED) is 0.173. The van der Waals surface area contributed by atoms with Crippen LogP contribution in [0.25, 0.3) is 92.4 Å². The van der Waals surface area contributed by atoms with Crippen LogP contribution >= 0.6 is 11.3 Å². The van der Waals surface area contributed by atoms with Crippen LogP contribution < -0.4 is 10.4 Å². The normalized spacial score (nSPS) is 16.9. The number of benzene rings is 8.